The molecule has 2 unspecified atom stereocenters. The zero-order valence-electron chi connectivity index (χ0n) is 11.9. The number of ether oxygens (including phenoxy) is 2. The molecule has 1 aliphatic heterocycles. The number of carbonyl (C=O) groups excluding carboxylic acids is 1. The Kier molecular flexibility index (Phi) is 7.97. The van der Waals surface area contributed by atoms with Crippen molar-refractivity contribution in [3.8, 4) is 0 Å². The summed E-state index contributed by atoms with van der Waals surface area (Å²) in [4.78, 5) is 13.6. The van der Waals surface area contributed by atoms with Crippen LogP contribution in [-0.4, -0.2) is 74.6 Å². The van der Waals surface area contributed by atoms with Crippen LogP contribution in [0.25, 0.3) is 0 Å². The highest BCUT2D eigenvalue weighted by molar-refractivity contribution is 5.78. The van der Waals surface area contributed by atoms with Crippen LogP contribution in [0, 0.1) is 0 Å². The number of hydrogen-bond acceptors (Lipinski definition) is 5. The Hall–Kier alpha value is -0.690. The van der Waals surface area contributed by atoms with Crippen molar-refractivity contribution in [2.75, 3.05) is 46.5 Å². The summed E-state index contributed by atoms with van der Waals surface area (Å²) in [5.74, 6) is 0.110. The Morgan fingerprint density at radius 2 is 2.05 bits per heavy atom. The van der Waals surface area contributed by atoms with Crippen LogP contribution in [0.4, 0.5) is 0 Å². The second-order valence-corrected chi connectivity index (χ2v) is 4.97. The third-order valence-corrected chi connectivity index (χ3v) is 3.09. The van der Waals surface area contributed by atoms with Crippen molar-refractivity contribution >= 4 is 5.91 Å². The summed E-state index contributed by atoms with van der Waals surface area (Å²) >= 11 is 0. The van der Waals surface area contributed by atoms with Crippen LogP contribution in [0.3, 0.4) is 0 Å². The molecule has 1 saturated heterocycles. The first-order chi connectivity index (χ1) is 9.13. The monoisotopic (exact) mass is 274 g/mol. The third kappa shape index (κ3) is 6.87. The van der Waals surface area contributed by atoms with Gasteiger partial charge in [-0.15, -0.1) is 0 Å². The number of methoxy groups -OCH3 is 1. The number of nitrogens with zero attached hydrogens (tertiary/aromatic N) is 1. The first kappa shape index (κ1) is 16.4. The molecule has 0 aromatic heterocycles. The van der Waals surface area contributed by atoms with Gasteiger partial charge in [-0.05, 0) is 19.8 Å². The van der Waals surface area contributed by atoms with E-state index in [1.165, 1.54) is 0 Å². The van der Waals surface area contributed by atoms with Crippen molar-refractivity contribution in [3.63, 3.8) is 0 Å². The molecule has 1 amide bonds. The SMILES string of the molecule is COCC(C)OCC(O)CNCC(=O)N1CCCC1. The minimum Gasteiger partial charge on any atom is -0.389 e. The summed E-state index contributed by atoms with van der Waals surface area (Å²) in [6.07, 6.45) is 1.55. The number of rotatable bonds is 9. The fourth-order valence-electron chi connectivity index (χ4n) is 2.04. The lowest BCUT2D eigenvalue weighted by molar-refractivity contribution is -0.129. The van der Waals surface area contributed by atoms with E-state index >= 15 is 0 Å². The van der Waals surface area contributed by atoms with Gasteiger partial charge in [0.15, 0.2) is 0 Å². The van der Waals surface area contributed by atoms with Gasteiger partial charge in [-0.3, -0.25) is 4.79 Å². The summed E-state index contributed by atoms with van der Waals surface area (Å²) < 4.78 is 10.3. The van der Waals surface area contributed by atoms with E-state index in [9.17, 15) is 9.90 Å². The molecule has 2 atom stereocenters. The molecular formula is C13H26N2O4. The van der Waals surface area contributed by atoms with Crippen LogP contribution in [0.15, 0.2) is 0 Å². The van der Waals surface area contributed by atoms with Gasteiger partial charge in [-0.1, -0.05) is 0 Å². The van der Waals surface area contributed by atoms with Crippen LogP contribution in [0.1, 0.15) is 19.8 Å². The maximum absolute atomic E-state index is 11.7. The number of amides is 1. The minimum atomic E-state index is -0.606. The maximum Gasteiger partial charge on any atom is 0.236 e. The largest absolute Gasteiger partial charge is 0.389 e. The number of hydrogen-bond donors (Lipinski definition) is 2. The average Bonchev–Trinajstić information content (AvgIpc) is 2.90. The van der Waals surface area contributed by atoms with Gasteiger partial charge in [0.2, 0.25) is 5.91 Å². The van der Waals surface area contributed by atoms with Gasteiger partial charge in [-0.2, -0.15) is 0 Å². The molecule has 1 aliphatic rings. The zero-order valence-corrected chi connectivity index (χ0v) is 11.9. The normalized spacial score (nSPS) is 18.6. The van der Waals surface area contributed by atoms with Gasteiger partial charge >= 0.3 is 0 Å². The summed E-state index contributed by atoms with van der Waals surface area (Å²) in [5, 5.41) is 12.7. The van der Waals surface area contributed by atoms with Crippen LogP contribution in [-0.2, 0) is 14.3 Å². The Balaban J connectivity index is 2.03. The van der Waals surface area contributed by atoms with Crippen LogP contribution < -0.4 is 5.32 Å². The van der Waals surface area contributed by atoms with Gasteiger partial charge in [0.05, 0.1) is 32.0 Å². The molecule has 6 nitrogen and oxygen atoms in total. The molecule has 1 rings (SSSR count). The predicted octanol–water partition coefficient (Wildman–Crippen LogP) is -0.389. The van der Waals surface area contributed by atoms with Gasteiger partial charge in [-0.25, -0.2) is 0 Å². The zero-order chi connectivity index (χ0) is 14.1. The Bertz CT molecular complexity index is 257. The van der Waals surface area contributed by atoms with Crippen LogP contribution in [0.2, 0.25) is 0 Å². The molecule has 1 heterocycles. The highest BCUT2D eigenvalue weighted by Gasteiger charge is 2.17. The topological polar surface area (TPSA) is 71.0 Å². The van der Waals surface area contributed by atoms with Crippen molar-refractivity contribution in [2.24, 2.45) is 0 Å². The van der Waals surface area contributed by atoms with E-state index in [0.29, 0.717) is 13.2 Å². The summed E-state index contributed by atoms with van der Waals surface area (Å²) in [7, 11) is 1.61. The smallest absolute Gasteiger partial charge is 0.236 e. The van der Waals surface area contributed by atoms with Crippen LogP contribution >= 0.6 is 0 Å². The summed E-state index contributed by atoms with van der Waals surface area (Å²) in [6.45, 7) is 5.01. The fourth-order valence-corrected chi connectivity index (χ4v) is 2.04. The Morgan fingerprint density at radius 1 is 1.37 bits per heavy atom. The van der Waals surface area contributed by atoms with Crippen molar-refractivity contribution < 1.29 is 19.4 Å². The van der Waals surface area contributed by atoms with Crippen molar-refractivity contribution in [1.82, 2.24) is 10.2 Å². The lowest BCUT2D eigenvalue weighted by atomic mass is 10.3. The Labute approximate surface area is 115 Å². The highest BCUT2D eigenvalue weighted by atomic mass is 16.5. The van der Waals surface area contributed by atoms with Gasteiger partial charge in [0.1, 0.15) is 0 Å². The molecule has 0 aromatic rings. The molecule has 0 aliphatic carbocycles. The summed E-state index contributed by atoms with van der Waals surface area (Å²) in [5.41, 5.74) is 0. The third-order valence-electron chi connectivity index (χ3n) is 3.09. The molecule has 0 bridgehead atoms. The van der Waals surface area contributed by atoms with Crippen LogP contribution in [0.5, 0.6) is 0 Å². The molecule has 0 radical (unpaired) electrons. The van der Waals surface area contributed by atoms with E-state index in [4.69, 9.17) is 9.47 Å². The molecule has 6 heteroatoms. The maximum atomic E-state index is 11.7. The molecule has 19 heavy (non-hydrogen) atoms. The van der Waals surface area contributed by atoms with E-state index in [1.54, 1.807) is 7.11 Å². The number of carbonyl (C=O) groups is 1. The minimum absolute atomic E-state index is 0.0362. The lowest BCUT2D eigenvalue weighted by Crippen LogP contribution is -2.40. The van der Waals surface area contributed by atoms with E-state index in [2.05, 4.69) is 5.32 Å². The second-order valence-electron chi connectivity index (χ2n) is 4.97. The molecule has 0 aromatic carbocycles. The first-order valence-corrected chi connectivity index (χ1v) is 6.90. The number of likely N-dealkylation sites (tertiary alicyclic amines) is 1. The molecule has 0 spiro atoms. The van der Waals surface area contributed by atoms with Crippen molar-refractivity contribution in [1.29, 1.82) is 0 Å². The van der Waals surface area contributed by atoms with Gasteiger partial charge in [0, 0.05) is 26.7 Å². The average molecular weight is 274 g/mol. The van der Waals surface area contributed by atoms with E-state index in [1.807, 2.05) is 11.8 Å². The molecule has 112 valence electrons. The van der Waals surface area contributed by atoms with E-state index < -0.39 is 6.10 Å². The Morgan fingerprint density at radius 3 is 2.68 bits per heavy atom. The molecular weight excluding hydrogens is 248 g/mol. The highest BCUT2D eigenvalue weighted by Crippen LogP contribution is 2.06. The summed E-state index contributed by atoms with van der Waals surface area (Å²) in [6, 6.07) is 0. The predicted molar refractivity (Wildman–Crippen MR) is 72.0 cm³/mol. The molecule has 1 fully saturated rings. The van der Waals surface area contributed by atoms with E-state index in [0.717, 1.165) is 25.9 Å². The van der Waals surface area contributed by atoms with Gasteiger partial charge < -0.3 is 24.8 Å². The number of nitrogens with one attached hydrogen (secondary N) is 1. The standard InChI is InChI=1S/C13H26N2O4/c1-11(9-18-2)19-10-12(16)7-14-8-13(17)15-5-3-4-6-15/h11-12,14,16H,3-10H2,1-2H3. The van der Waals surface area contributed by atoms with Gasteiger partial charge in [0.25, 0.3) is 0 Å². The van der Waals surface area contributed by atoms with E-state index in [-0.39, 0.29) is 25.2 Å². The molecule has 2 N–H and O–H groups in total. The molecule has 0 saturated carbocycles. The first-order valence-electron chi connectivity index (χ1n) is 6.90. The van der Waals surface area contributed by atoms with Crippen molar-refractivity contribution in [3.05, 3.63) is 0 Å². The number of aliphatic hydroxyl groups is 1. The quantitative estimate of drug-likeness (QED) is 0.599. The lowest BCUT2D eigenvalue weighted by Gasteiger charge is -2.18. The number of aliphatic hydroxyl groups excluding tert-OH is 1. The van der Waals surface area contributed by atoms with Crippen molar-refractivity contribution in [2.45, 2.75) is 32.0 Å². The second kappa shape index (κ2) is 9.25. The fraction of sp³-hybridized carbons (Fsp3) is 0.923.